The molecule has 6 rings (SSSR count). The van der Waals surface area contributed by atoms with E-state index in [1.807, 2.05) is 24.3 Å². The van der Waals surface area contributed by atoms with Crippen molar-refractivity contribution in [2.24, 2.45) is 0 Å². The predicted octanol–water partition coefficient (Wildman–Crippen LogP) is 3.54. The van der Waals surface area contributed by atoms with Crippen molar-refractivity contribution >= 4 is 35.4 Å². The quantitative estimate of drug-likeness (QED) is 0.0677. The Labute approximate surface area is 361 Å². The fourth-order valence-electron chi connectivity index (χ4n) is 7.36. The zero-order valence-corrected chi connectivity index (χ0v) is 34.9. The van der Waals surface area contributed by atoms with Crippen LogP contribution in [0.3, 0.4) is 0 Å². The number of hydrogen-bond acceptors (Lipinski definition) is 14. The molecular weight excluding hydrogens is 805 g/mol. The maximum Gasteiger partial charge on any atom is 0.407 e. The number of nitrogens with one attached hydrogen (secondary N) is 3. The third-order valence-electron chi connectivity index (χ3n) is 10.3. The van der Waals surface area contributed by atoms with E-state index < -0.39 is 35.8 Å². The van der Waals surface area contributed by atoms with Crippen LogP contribution in [0.4, 0.5) is 10.5 Å². The number of alkyl carbamates (subject to hydrolysis) is 1. The van der Waals surface area contributed by atoms with Crippen LogP contribution in [-0.4, -0.2) is 153 Å². The van der Waals surface area contributed by atoms with Crippen molar-refractivity contribution in [1.82, 2.24) is 15.5 Å². The predicted molar refractivity (Wildman–Crippen MR) is 225 cm³/mol. The van der Waals surface area contributed by atoms with E-state index in [4.69, 9.17) is 37.9 Å². The van der Waals surface area contributed by atoms with Crippen LogP contribution in [0.2, 0.25) is 0 Å². The van der Waals surface area contributed by atoms with Crippen molar-refractivity contribution in [1.29, 1.82) is 0 Å². The maximum absolute atomic E-state index is 13.2. The van der Waals surface area contributed by atoms with Gasteiger partial charge in [0.05, 0.1) is 97.0 Å². The highest BCUT2D eigenvalue weighted by atomic mass is 16.6. The average molecular weight is 861 g/mol. The number of anilines is 1. The molecule has 3 aromatic rings. The molecule has 5 amide bonds. The molecule has 0 aromatic heterocycles. The van der Waals surface area contributed by atoms with Crippen LogP contribution in [-0.2, 0) is 47.5 Å². The van der Waals surface area contributed by atoms with Crippen molar-refractivity contribution in [3.05, 3.63) is 89.0 Å². The smallest absolute Gasteiger partial charge is 0.407 e. The largest absolute Gasteiger partial charge is 0.449 e. The Balaban J connectivity index is 0.657. The summed E-state index contributed by atoms with van der Waals surface area (Å²) in [6, 6.07) is 20.4. The molecule has 1 atom stereocenters. The van der Waals surface area contributed by atoms with Gasteiger partial charge in [-0.05, 0) is 47.2 Å². The number of ether oxygens (including phenoxy) is 8. The molecule has 3 N–H and O–H groups in total. The highest BCUT2D eigenvalue weighted by Gasteiger charge is 2.45. The monoisotopic (exact) mass is 860 g/mol. The lowest BCUT2D eigenvalue weighted by atomic mass is 9.98. The van der Waals surface area contributed by atoms with Gasteiger partial charge in [0.1, 0.15) is 12.6 Å². The first-order valence-corrected chi connectivity index (χ1v) is 21.2. The van der Waals surface area contributed by atoms with Crippen LogP contribution in [0.15, 0.2) is 66.7 Å². The number of carbonyl (C=O) groups is 5. The standard InChI is InChI=1S/C45H56N4O13/c50-40-14-13-39(42(51)48-40)49-43(52)36-11-5-12-38(41(36)44(49)53)46-16-18-56-20-22-58-24-26-60-28-30-61-29-27-59-25-23-57-21-19-55-17-6-15-47-45(54)62-31-37-34-9-3-1-7-32(34)33-8-2-4-10-35(33)37/h1-5,7-12,37,39,46H,6,13-31H2,(H,47,54)(H,48,50,51). The molecule has 0 spiro atoms. The third kappa shape index (κ3) is 13.1. The van der Waals surface area contributed by atoms with E-state index in [1.54, 1.807) is 18.2 Å². The second-order valence-electron chi connectivity index (χ2n) is 14.5. The molecule has 62 heavy (non-hydrogen) atoms. The van der Waals surface area contributed by atoms with Crippen molar-refractivity contribution in [2.45, 2.75) is 31.2 Å². The minimum absolute atomic E-state index is 0.0346. The molecule has 2 heterocycles. The van der Waals surface area contributed by atoms with E-state index >= 15 is 0 Å². The Morgan fingerprint density at radius 1 is 0.597 bits per heavy atom. The zero-order chi connectivity index (χ0) is 43.4. The second kappa shape index (κ2) is 25.0. The maximum atomic E-state index is 13.2. The first-order chi connectivity index (χ1) is 30.4. The molecule has 3 aromatic carbocycles. The fraction of sp³-hybridized carbons (Fsp3) is 0.489. The minimum Gasteiger partial charge on any atom is -0.449 e. The summed E-state index contributed by atoms with van der Waals surface area (Å²) >= 11 is 0. The lowest BCUT2D eigenvalue weighted by molar-refractivity contribution is -0.136. The molecule has 1 fully saturated rings. The lowest BCUT2D eigenvalue weighted by Gasteiger charge is -2.27. The average Bonchev–Trinajstić information content (AvgIpc) is 3.74. The van der Waals surface area contributed by atoms with E-state index in [1.165, 1.54) is 22.3 Å². The van der Waals surface area contributed by atoms with Crippen LogP contribution >= 0.6 is 0 Å². The number of fused-ring (bicyclic) bond motifs is 4. The van der Waals surface area contributed by atoms with Crippen molar-refractivity contribution < 1.29 is 61.9 Å². The van der Waals surface area contributed by atoms with E-state index in [2.05, 4.69) is 40.2 Å². The summed E-state index contributed by atoms with van der Waals surface area (Å²) in [7, 11) is 0. The van der Waals surface area contributed by atoms with Gasteiger partial charge in [0.2, 0.25) is 11.8 Å². The molecule has 0 radical (unpaired) electrons. The minimum atomic E-state index is -1.02. The summed E-state index contributed by atoms with van der Waals surface area (Å²) in [6.45, 7) is 7.12. The molecule has 1 saturated heterocycles. The van der Waals surface area contributed by atoms with E-state index in [-0.39, 0.29) is 36.5 Å². The van der Waals surface area contributed by atoms with Gasteiger partial charge in [-0.25, -0.2) is 4.79 Å². The van der Waals surface area contributed by atoms with Crippen LogP contribution in [0.5, 0.6) is 0 Å². The van der Waals surface area contributed by atoms with Gasteiger partial charge in [0.15, 0.2) is 0 Å². The Kier molecular flexibility index (Phi) is 18.6. The van der Waals surface area contributed by atoms with E-state index in [9.17, 15) is 24.0 Å². The van der Waals surface area contributed by atoms with Crippen LogP contribution in [0.25, 0.3) is 11.1 Å². The van der Waals surface area contributed by atoms with Crippen LogP contribution < -0.4 is 16.0 Å². The highest BCUT2D eigenvalue weighted by molar-refractivity contribution is 6.25. The molecule has 2 aliphatic heterocycles. The zero-order valence-electron chi connectivity index (χ0n) is 34.9. The number of rotatable bonds is 29. The molecule has 0 bridgehead atoms. The van der Waals surface area contributed by atoms with Gasteiger partial charge in [-0.2, -0.15) is 0 Å². The van der Waals surface area contributed by atoms with Gasteiger partial charge in [0.25, 0.3) is 11.8 Å². The molecular formula is C45H56N4O13. The number of amides is 5. The molecule has 1 unspecified atom stereocenters. The normalized spacial score (nSPS) is 15.7. The summed E-state index contributed by atoms with van der Waals surface area (Å²) in [5, 5.41) is 8.13. The van der Waals surface area contributed by atoms with Crippen molar-refractivity contribution in [2.75, 3.05) is 118 Å². The lowest BCUT2D eigenvalue weighted by Crippen LogP contribution is -2.54. The fourth-order valence-corrected chi connectivity index (χ4v) is 7.36. The van der Waals surface area contributed by atoms with E-state index in [0.29, 0.717) is 118 Å². The Hall–Kier alpha value is -5.27. The highest BCUT2D eigenvalue weighted by Crippen LogP contribution is 2.44. The van der Waals surface area contributed by atoms with Crippen molar-refractivity contribution in [3.63, 3.8) is 0 Å². The van der Waals surface area contributed by atoms with Gasteiger partial charge in [-0.3, -0.25) is 29.4 Å². The number of carbonyl (C=O) groups excluding carboxylic acids is 5. The molecule has 0 saturated carbocycles. The van der Waals surface area contributed by atoms with Crippen LogP contribution in [0.1, 0.15) is 57.0 Å². The van der Waals surface area contributed by atoms with Crippen molar-refractivity contribution in [3.8, 4) is 11.1 Å². The summed E-state index contributed by atoms with van der Waals surface area (Å²) in [6.07, 6.45) is 0.397. The van der Waals surface area contributed by atoms with Gasteiger partial charge in [-0.15, -0.1) is 0 Å². The Morgan fingerprint density at radius 3 is 1.68 bits per heavy atom. The summed E-state index contributed by atoms with van der Waals surface area (Å²) < 4.78 is 44.4. The SMILES string of the molecule is O=C1CCC(N2C(=O)c3cccc(NCCOCCOCCOCCOCCOCCOCCOCCCNC(=O)OCC4c5ccccc5-c5ccccc54)c3C2=O)C(=O)N1. The summed E-state index contributed by atoms with van der Waals surface area (Å²) in [5.41, 5.74) is 5.66. The number of benzene rings is 3. The number of nitrogens with zero attached hydrogens (tertiary/aromatic N) is 1. The Morgan fingerprint density at radius 2 is 1.11 bits per heavy atom. The first kappa shape index (κ1) is 46.2. The number of piperidine rings is 1. The van der Waals surface area contributed by atoms with Gasteiger partial charge in [0, 0.05) is 37.7 Å². The van der Waals surface area contributed by atoms with Gasteiger partial charge in [-0.1, -0.05) is 54.6 Å². The molecule has 1 aliphatic carbocycles. The molecule has 17 nitrogen and oxygen atoms in total. The number of imide groups is 2. The third-order valence-corrected chi connectivity index (χ3v) is 10.3. The Bertz CT molecular complexity index is 1920. The second-order valence-corrected chi connectivity index (χ2v) is 14.5. The first-order valence-electron chi connectivity index (χ1n) is 21.2. The van der Waals surface area contributed by atoms with E-state index in [0.717, 1.165) is 4.90 Å². The van der Waals surface area contributed by atoms with Crippen LogP contribution in [0, 0.1) is 0 Å². The molecule has 3 aliphatic rings. The molecule has 17 heteroatoms. The molecule has 334 valence electrons. The summed E-state index contributed by atoms with van der Waals surface area (Å²) in [4.78, 5) is 63.2. The van der Waals surface area contributed by atoms with Gasteiger partial charge < -0.3 is 48.5 Å². The topological polar surface area (TPSA) is 199 Å². The van der Waals surface area contributed by atoms with Gasteiger partial charge >= 0.3 is 6.09 Å². The number of hydrogen-bond donors (Lipinski definition) is 3. The summed E-state index contributed by atoms with van der Waals surface area (Å²) in [5.74, 6) is -2.15.